The highest BCUT2D eigenvalue weighted by Gasteiger charge is 2.16. The zero-order valence-electron chi connectivity index (χ0n) is 10.4. The van der Waals surface area contributed by atoms with Gasteiger partial charge >= 0.3 is 0 Å². The molecule has 0 atom stereocenters. The van der Waals surface area contributed by atoms with Crippen molar-refractivity contribution >= 4 is 0 Å². The number of rotatable bonds is 3. The highest BCUT2D eigenvalue weighted by atomic mass is 16.7. The maximum atomic E-state index is 5.39. The van der Waals surface area contributed by atoms with Crippen LogP contribution in [-0.4, -0.2) is 23.6 Å². The zero-order chi connectivity index (χ0) is 12.5. The van der Waals surface area contributed by atoms with E-state index in [0.717, 1.165) is 29.3 Å². The summed E-state index contributed by atoms with van der Waals surface area (Å²) in [6.07, 6.45) is 2.02. The van der Waals surface area contributed by atoms with Gasteiger partial charge in [0.2, 0.25) is 6.79 Å². The zero-order valence-corrected chi connectivity index (χ0v) is 10.4. The molecule has 0 spiro atoms. The molecule has 0 fully saturated rings. The normalized spacial score (nSPS) is 13.0. The predicted molar refractivity (Wildman–Crippen MR) is 67.5 cm³/mol. The number of aryl methyl sites for hydroxylation is 1. The van der Waals surface area contributed by atoms with E-state index in [2.05, 4.69) is 10.4 Å². The van der Waals surface area contributed by atoms with Crippen molar-refractivity contribution in [1.29, 1.82) is 0 Å². The van der Waals surface area contributed by atoms with Gasteiger partial charge in [0.1, 0.15) is 0 Å². The van der Waals surface area contributed by atoms with Crippen LogP contribution >= 0.6 is 0 Å². The van der Waals surface area contributed by atoms with Gasteiger partial charge in [-0.2, -0.15) is 5.10 Å². The van der Waals surface area contributed by atoms with Gasteiger partial charge in [0.15, 0.2) is 11.5 Å². The Morgan fingerprint density at radius 1 is 1.33 bits per heavy atom. The van der Waals surface area contributed by atoms with Crippen LogP contribution in [0.25, 0.3) is 11.3 Å². The van der Waals surface area contributed by atoms with E-state index in [9.17, 15) is 0 Å². The molecular weight excluding hydrogens is 230 g/mol. The summed E-state index contributed by atoms with van der Waals surface area (Å²) in [7, 11) is 3.85. The van der Waals surface area contributed by atoms with Crippen LogP contribution in [0.4, 0.5) is 0 Å². The van der Waals surface area contributed by atoms with Crippen LogP contribution in [0.3, 0.4) is 0 Å². The Kier molecular flexibility index (Phi) is 2.68. The number of hydrogen-bond acceptors (Lipinski definition) is 4. The molecule has 5 heteroatoms. The Morgan fingerprint density at radius 2 is 2.17 bits per heavy atom. The maximum Gasteiger partial charge on any atom is 0.231 e. The summed E-state index contributed by atoms with van der Waals surface area (Å²) in [6.45, 7) is 1.09. The van der Waals surface area contributed by atoms with E-state index in [4.69, 9.17) is 9.47 Å². The van der Waals surface area contributed by atoms with Crippen LogP contribution in [0.5, 0.6) is 11.5 Å². The first-order valence-corrected chi connectivity index (χ1v) is 5.85. The first-order valence-electron chi connectivity index (χ1n) is 5.85. The average Bonchev–Trinajstić information content (AvgIpc) is 2.95. The topological polar surface area (TPSA) is 48.3 Å². The highest BCUT2D eigenvalue weighted by molar-refractivity contribution is 5.67. The van der Waals surface area contributed by atoms with Crippen LogP contribution in [0, 0.1) is 0 Å². The minimum Gasteiger partial charge on any atom is -0.454 e. The lowest BCUT2D eigenvalue weighted by atomic mass is 10.1. The number of hydrogen-bond donors (Lipinski definition) is 1. The molecule has 0 radical (unpaired) electrons. The van der Waals surface area contributed by atoms with Crippen molar-refractivity contribution in [2.24, 2.45) is 7.05 Å². The quantitative estimate of drug-likeness (QED) is 0.891. The summed E-state index contributed by atoms with van der Waals surface area (Å²) in [6, 6.07) is 5.91. The summed E-state index contributed by atoms with van der Waals surface area (Å²) < 4.78 is 12.5. The molecule has 1 aromatic carbocycles. The fourth-order valence-electron chi connectivity index (χ4n) is 2.14. The molecule has 0 saturated carbocycles. The summed E-state index contributed by atoms with van der Waals surface area (Å²) >= 11 is 0. The minimum atomic E-state index is 0.296. The molecule has 3 rings (SSSR count). The van der Waals surface area contributed by atoms with Gasteiger partial charge in [-0.3, -0.25) is 4.68 Å². The standard InChI is InChI=1S/C13H15N3O2/c1-14-6-10-7-16(2)15-13(10)9-3-4-11-12(5-9)18-8-17-11/h3-5,7,14H,6,8H2,1-2H3. The van der Waals surface area contributed by atoms with E-state index in [1.807, 2.05) is 43.2 Å². The van der Waals surface area contributed by atoms with E-state index in [1.54, 1.807) is 0 Å². The van der Waals surface area contributed by atoms with Gasteiger partial charge in [0, 0.05) is 30.9 Å². The summed E-state index contributed by atoms with van der Waals surface area (Å²) in [4.78, 5) is 0. The number of ether oxygens (including phenoxy) is 2. The Hall–Kier alpha value is -2.01. The Morgan fingerprint density at radius 3 is 3.00 bits per heavy atom. The molecule has 0 bridgehead atoms. The predicted octanol–water partition coefficient (Wildman–Crippen LogP) is 1.54. The van der Waals surface area contributed by atoms with Crippen LogP contribution in [0.2, 0.25) is 0 Å². The van der Waals surface area contributed by atoms with Crippen LogP contribution in [0.15, 0.2) is 24.4 Å². The number of fused-ring (bicyclic) bond motifs is 1. The molecule has 0 saturated heterocycles. The van der Waals surface area contributed by atoms with Crippen molar-refractivity contribution < 1.29 is 9.47 Å². The summed E-state index contributed by atoms with van der Waals surface area (Å²) in [5.74, 6) is 1.58. The lowest BCUT2D eigenvalue weighted by Crippen LogP contribution is -2.05. The van der Waals surface area contributed by atoms with E-state index < -0.39 is 0 Å². The Bertz CT molecular complexity index is 578. The minimum absolute atomic E-state index is 0.296. The van der Waals surface area contributed by atoms with Crippen LogP contribution in [0.1, 0.15) is 5.56 Å². The molecule has 2 aromatic rings. The molecular formula is C13H15N3O2. The molecule has 94 valence electrons. The molecule has 1 N–H and O–H groups in total. The average molecular weight is 245 g/mol. The number of nitrogens with zero attached hydrogens (tertiary/aromatic N) is 2. The van der Waals surface area contributed by atoms with Gasteiger partial charge in [-0.1, -0.05) is 0 Å². The van der Waals surface area contributed by atoms with Gasteiger partial charge in [-0.25, -0.2) is 0 Å². The SMILES string of the molecule is CNCc1cn(C)nc1-c1ccc2c(c1)OCO2. The van der Waals surface area contributed by atoms with Gasteiger partial charge in [0.25, 0.3) is 0 Å². The molecule has 1 aliphatic heterocycles. The lowest BCUT2D eigenvalue weighted by molar-refractivity contribution is 0.174. The first kappa shape index (κ1) is 11.1. The lowest BCUT2D eigenvalue weighted by Gasteiger charge is -2.03. The van der Waals surface area contributed by atoms with Crippen molar-refractivity contribution in [2.75, 3.05) is 13.8 Å². The smallest absolute Gasteiger partial charge is 0.231 e. The van der Waals surface area contributed by atoms with Crippen molar-refractivity contribution in [2.45, 2.75) is 6.54 Å². The van der Waals surface area contributed by atoms with Crippen molar-refractivity contribution in [1.82, 2.24) is 15.1 Å². The molecule has 0 amide bonds. The van der Waals surface area contributed by atoms with Gasteiger partial charge < -0.3 is 14.8 Å². The van der Waals surface area contributed by atoms with Crippen molar-refractivity contribution in [3.05, 3.63) is 30.0 Å². The fourth-order valence-corrected chi connectivity index (χ4v) is 2.14. The Balaban J connectivity index is 2.03. The molecule has 18 heavy (non-hydrogen) atoms. The summed E-state index contributed by atoms with van der Waals surface area (Å²) in [5.41, 5.74) is 3.19. The molecule has 0 unspecified atom stereocenters. The van der Waals surface area contributed by atoms with E-state index in [0.29, 0.717) is 6.79 Å². The maximum absolute atomic E-state index is 5.39. The second-order valence-electron chi connectivity index (χ2n) is 4.27. The first-order chi connectivity index (χ1) is 8.78. The van der Waals surface area contributed by atoms with E-state index >= 15 is 0 Å². The third-order valence-electron chi connectivity index (χ3n) is 2.92. The van der Waals surface area contributed by atoms with Crippen molar-refractivity contribution in [3.63, 3.8) is 0 Å². The third kappa shape index (κ3) is 1.82. The number of aromatic nitrogens is 2. The number of nitrogens with one attached hydrogen (secondary N) is 1. The molecule has 0 aliphatic carbocycles. The van der Waals surface area contributed by atoms with E-state index in [-0.39, 0.29) is 0 Å². The molecule has 1 aliphatic rings. The summed E-state index contributed by atoms with van der Waals surface area (Å²) in [5, 5.41) is 7.66. The van der Waals surface area contributed by atoms with Gasteiger partial charge in [-0.05, 0) is 25.2 Å². The van der Waals surface area contributed by atoms with Gasteiger partial charge in [-0.15, -0.1) is 0 Å². The monoisotopic (exact) mass is 245 g/mol. The number of benzene rings is 1. The second kappa shape index (κ2) is 4.34. The molecule has 5 nitrogen and oxygen atoms in total. The highest BCUT2D eigenvalue weighted by Crippen LogP contribution is 2.36. The third-order valence-corrected chi connectivity index (χ3v) is 2.92. The van der Waals surface area contributed by atoms with E-state index in [1.165, 1.54) is 5.56 Å². The fraction of sp³-hybridized carbons (Fsp3) is 0.308. The molecule has 1 aromatic heterocycles. The van der Waals surface area contributed by atoms with Crippen molar-refractivity contribution in [3.8, 4) is 22.8 Å². The second-order valence-corrected chi connectivity index (χ2v) is 4.27. The molecule has 2 heterocycles. The Labute approximate surface area is 105 Å². The van der Waals surface area contributed by atoms with Crippen LogP contribution in [-0.2, 0) is 13.6 Å². The van der Waals surface area contributed by atoms with Gasteiger partial charge in [0.05, 0.1) is 5.69 Å². The van der Waals surface area contributed by atoms with Crippen LogP contribution < -0.4 is 14.8 Å². The largest absolute Gasteiger partial charge is 0.454 e.